The summed E-state index contributed by atoms with van der Waals surface area (Å²) < 4.78 is 0. The molecule has 0 radical (unpaired) electrons. The fraction of sp³-hybridized carbons (Fsp3) is 0. The van der Waals surface area contributed by atoms with Gasteiger partial charge in [0.25, 0.3) is 5.69 Å². The second-order valence-electron chi connectivity index (χ2n) is 6.40. The van der Waals surface area contributed by atoms with Crippen LogP contribution in [0.3, 0.4) is 0 Å². The number of nitro benzene ring substituents is 1. The number of benzene rings is 3. The van der Waals surface area contributed by atoms with Crippen molar-refractivity contribution in [2.24, 2.45) is 10.2 Å². The average molecular weight is 412 g/mol. The van der Waals surface area contributed by atoms with Crippen LogP contribution in [0, 0.1) is 10.1 Å². The molecule has 31 heavy (non-hydrogen) atoms. The molecule has 0 spiro atoms. The van der Waals surface area contributed by atoms with Crippen molar-refractivity contribution >= 4 is 34.4 Å². The molecule has 0 saturated heterocycles. The number of anilines is 3. The molecular formula is C21H16N8O2. The number of rotatable bonds is 6. The number of hydrogen-bond acceptors (Lipinski definition) is 9. The number of hydrogen-bond donors (Lipinski definition) is 2. The van der Waals surface area contributed by atoms with Crippen molar-refractivity contribution in [1.29, 1.82) is 0 Å². The summed E-state index contributed by atoms with van der Waals surface area (Å²) in [5.41, 5.74) is 9.14. The Labute approximate surface area is 176 Å². The molecule has 10 heteroatoms. The highest BCUT2D eigenvalue weighted by atomic mass is 16.6. The highest BCUT2D eigenvalue weighted by Crippen LogP contribution is 2.23. The standard InChI is InChI=1S/C21H16N8O2/c22-15-3-1-14(2-4-15)20-23-13-24-21(26-20)25-16-5-7-17(8-6-16)27-28-18-9-11-19(12-10-18)29(30)31/h1-13H,22H2,(H,23,24,25,26). The molecule has 3 aromatic carbocycles. The van der Waals surface area contributed by atoms with Crippen molar-refractivity contribution in [3.8, 4) is 11.4 Å². The van der Waals surface area contributed by atoms with E-state index in [1.54, 1.807) is 24.3 Å². The maximum absolute atomic E-state index is 10.7. The van der Waals surface area contributed by atoms with E-state index in [9.17, 15) is 10.1 Å². The molecule has 0 atom stereocenters. The first-order valence-electron chi connectivity index (χ1n) is 9.15. The average Bonchev–Trinajstić information content (AvgIpc) is 2.79. The van der Waals surface area contributed by atoms with E-state index in [0.29, 0.717) is 28.8 Å². The first-order valence-corrected chi connectivity index (χ1v) is 9.15. The van der Waals surface area contributed by atoms with E-state index in [2.05, 4.69) is 30.5 Å². The van der Waals surface area contributed by atoms with Crippen LogP contribution in [0.4, 0.5) is 34.4 Å². The molecule has 0 amide bonds. The lowest BCUT2D eigenvalue weighted by Gasteiger charge is -2.06. The molecule has 152 valence electrons. The van der Waals surface area contributed by atoms with Crippen molar-refractivity contribution in [2.75, 3.05) is 11.1 Å². The molecule has 0 aliphatic heterocycles. The van der Waals surface area contributed by atoms with Gasteiger partial charge in [0.05, 0.1) is 16.3 Å². The van der Waals surface area contributed by atoms with E-state index in [1.165, 1.54) is 30.6 Å². The number of nitrogens with one attached hydrogen (secondary N) is 1. The van der Waals surface area contributed by atoms with Crippen LogP contribution in [-0.2, 0) is 0 Å². The third kappa shape index (κ3) is 5.01. The summed E-state index contributed by atoms with van der Waals surface area (Å²) in [5, 5.41) is 22.0. The molecule has 0 fully saturated rings. The number of azo groups is 1. The molecule has 1 aromatic heterocycles. The lowest BCUT2D eigenvalue weighted by atomic mass is 10.2. The van der Waals surface area contributed by atoms with Gasteiger partial charge in [0.15, 0.2) is 5.82 Å². The zero-order valence-corrected chi connectivity index (χ0v) is 16.1. The van der Waals surface area contributed by atoms with Crippen LogP contribution in [0.15, 0.2) is 89.4 Å². The van der Waals surface area contributed by atoms with Crippen LogP contribution in [0.5, 0.6) is 0 Å². The first-order chi connectivity index (χ1) is 15.1. The first kappa shape index (κ1) is 19.6. The summed E-state index contributed by atoms with van der Waals surface area (Å²) >= 11 is 0. The van der Waals surface area contributed by atoms with Crippen molar-refractivity contribution < 1.29 is 4.92 Å². The minimum atomic E-state index is -0.460. The Morgan fingerprint density at radius 1 is 0.839 bits per heavy atom. The van der Waals surface area contributed by atoms with Gasteiger partial charge >= 0.3 is 0 Å². The van der Waals surface area contributed by atoms with Crippen molar-refractivity contribution in [1.82, 2.24) is 15.0 Å². The van der Waals surface area contributed by atoms with Crippen molar-refractivity contribution in [3.05, 3.63) is 89.2 Å². The fourth-order valence-corrected chi connectivity index (χ4v) is 2.62. The van der Waals surface area contributed by atoms with E-state index >= 15 is 0 Å². The lowest BCUT2D eigenvalue weighted by molar-refractivity contribution is -0.384. The van der Waals surface area contributed by atoms with Crippen LogP contribution in [0.25, 0.3) is 11.4 Å². The molecule has 0 aliphatic rings. The van der Waals surface area contributed by atoms with Crippen LogP contribution < -0.4 is 11.1 Å². The molecule has 1 heterocycles. The number of nitrogens with two attached hydrogens (primary N) is 1. The Balaban J connectivity index is 1.43. The van der Waals surface area contributed by atoms with E-state index in [1.807, 2.05) is 24.3 Å². The third-order valence-electron chi connectivity index (χ3n) is 4.21. The lowest BCUT2D eigenvalue weighted by Crippen LogP contribution is -1.99. The van der Waals surface area contributed by atoms with Gasteiger partial charge in [-0.3, -0.25) is 10.1 Å². The van der Waals surface area contributed by atoms with E-state index in [-0.39, 0.29) is 5.69 Å². The molecule has 0 bridgehead atoms. The summed E-state index contributed by atoms with van der Waals surface area (Å²) in [6.07, 6.45) is 1.44. The van der Waals surface area contributed by atoms with Gasteiger partial charge in [-0.15, -0.1) is 0 Å². The smallest absolute Gasteiger partial charge is 0.269 e. The molecule has 4 rings (SSSR count). The predicted octanol–water partition coefficient (Wildman–Crippen LogP) is 5.19. The highest BCUT2D eigenvalue weighted by Gasteiger charge is 2.05. The van der Waals surface area contributed by atoms with Crippen LogP contribution in [0.1, 0.15) is 0 Å². The zero-order chi connectivity index (χ0) is 21.6. The summed E-state index contributed by atoms with van der Waals surface area (Å²) in [6, 6.07) is 20.3. The number of nitrogen functional groups attached to an aromatic ring is 1. The maximum Gasteiger partial charge on any atom is 0.269 e. The molecule has 0 aliphatic carbocycles. The van der Waals surface area contributed by atoms with Gasteiger partial charge in [0, 0.05) is 29.1 Å². The predicted molar refractivity (Wildman–Crippen MR) is 117 cm³/mol. The Morgan fingerprint density at radius 2 is 1.45 bits per heavy atom. The molecular weight excluding hydrogens is 396 g/mol. The Kier molecular flexibility index (Phi) is 5.52. The van der Waals surface area contributed by atoms with Crippen molar-refractivity contribution in [2.45, 2.75) is 0 Å². The van der Waals surface area contributed by atoms with Gasteiger partial charge in [-0.25, -0.2) is 9.97 Å². The van der Waals surface area contributed by atoms with E-state index in [4.69, 9.17) is 5.73 Å². The number of nitro groups is 1. The minimum Gasteiger partial charge on any atom is -0.399 e. The molecule has 3 N–H and O–H groups in total. The Morgan fingerprint density at radius 3 is 2.06 bits per heavy atom. The molecule has 0 saturated carbocycles. The molecule has 10 nitrogen and oxygen atoms in total. The zero-order valence-electron chi connectivity index (χ0n) is 16.1. The van der Waals surface area contributed by atoms with Gasteiger partial charge in [-0.05, 0) is 60.7 Å². The topological polar surface area (TPSA) is 145 Å². The van der Waals surface area contributed by atoms with Gasteiger partial charge in [0.2, 0.25) is 5.95 Å². The second kappa shape index (κ2) is 8.74. The van der Waals surface area contributed by atoms with Gasteiger partial charge in [-0.1, -0.05) is 0 Å². The maximum atomic E-state index is 10.7. The summed E-state index contributed by atoms with van der Waals surface area (Å²) in [7, 11) is 0. The van der Waals surface area contributed by atoms with E-state index < -0.39 is 4.92 Å². The SMILES string of the molecule is Nc1ccc(-c2ncnc(Nc3ccc(N=Nc4ccc([N+](=O)[O-])cc4)cc3)n2)cc1. The second-order valence-corrected chi connectivity index (χ2v) is 6.40. The van der Waals surface area contributed by atoms with Crippen LogP contribution in [0.2, 0.25) is 0 Å². The largest absolute Gasteiger partial charge is 0.399 e. The quantitative estimate of drug-likeness (QED) is 0.192. The van der Waals surface area contributed by atoms with Gasteiger partial charge in [-0.2, -0.15) is 15.2 Å². The number of nitrogens with zero attached hydrogens (tertiary/aromatic N) is 6. The monoisotopic (exact) mass is 412 g/mol. The number of non-ortho nitro benzene ring substituents is 1. The molecule has 4 aromatic rings. The third-order valence-corrected chi connectivity index (χ3v) is 4.21. The Bertz CT molecular complexity index is 1220. The Hall–Kier alpha value is -4.73. The minimum absolute atomic E-state index is 0.00672. The van der Waals surface area contributed by atoms with E-state index in [0.717, 1.165) is 11.3 Å². The molecule has 0 unspecified atom stereocenters. The van der Waals surface area contributed by atoms with Crippen LogP contribution >= 0.6 is 0 Å². The summed E-state index contributed by atoms with van der Waals surface area (Å²) in [4.78, 5) is 23.0. The summed E-state index contributed by atoms with van der Waals surface area (Å²) in [6.45, 7) is 0. The fourth-order valence-electron chi connectivity index (χ4n) is 2.62. The van der Waals surface area contributed by atoms with Crippen molar-refractivity contribution in [3.63, 3.8) is 0 Å². The highest BCUT2D eigenvalue weighted by molar-refractivity contribution is 5.61. The van der Waals surface area contributed by atoms with Crippen LogP contribution in [-0.4, -0.2) is 19.9 Å². The van der Waals surface area contributed by atoms with Gasteiger partial charge < -0.3 is 11.1 Å². The number of aromatic nitrogens is 3. The van der Waals surface area contributed by atoms with Gasteiger partial charge in [0.1, 0.15) is 6.33 Å². The summed E-state index contributed by atoms with van der Waals surface area (Å²) in [5.74, 6) is 0.938. The normalized spacial score (nSPS) is 10.8.